The Morgan fingerprint density at radius 1 is 1.23 bits per heavy atom. The molecule has 1 saturated carbocycles. The summed E-state index contributed by atoms with van der Waals surface area (Å²) in [4.78, 5) is 21.7. The van der Waals surface area contributed by atoms with Crippen LogP contribution in [-0.2, 0) is 20.8 Å². The molecule has 2 aliphatic rings. The Labute approximate surface area is 261 Å². The van der Waals surface area contributed by atoms with Crippen molar-refractivity contribution in [1.29, 1.82) is 0 Å². The Morgan fingerprint density at radius 3 is 2.72 bits per heavy atom. The highest BCUT2D eigenvalue weighted by molar-refractivity contribution is 6.30. The van der Waals surface area contributed by atoms with Gasteiger partial charge in [-0.2, -0.15) is 0 Å². The van der Waals surface area contributed by atoms with Gasteiger partial charge in [-0.25, -0.2) is 5.48 Å². The lowest BCUT2D eigenvalue weighted by molar-refractivity contribution is -0.140. The average molecular weight is 614 g/mol. The van der Waals surface area contributed by atoms with Crippen LogP contribution in [-0.4, -0.2) is 76.6 Å². The zero-order valence-corrected chi connectivity index (χ0v) is 27.0. The Morgan fingerprint density at radius 2 is 2.05 bits per heavy atom. The molecule has 0 saturated heterocycles. The second-order valence-corrected chi connectivity index (χ2v) is 12.5. The number of nitrogens with zero attached hydrogens (tertiary/aromatic N) is 2. The number of aryl methyl sites for hydroxylation is 1. The zero-order valence-electron chi connectivity index (χ0n) is 26.2. The van der Waals surface area contributed by atoms with E-state index in [4.69, 9.17) is 25.9 Å². The fourth-order valence-electron chi connectivity index (χ4n) is 6.30. The van der Waals surface area contributed by atoms with Crippen molar-refractivity contribution in [2.45, 2.75) is 57.2 Å². The number of carbonyl (C=O) groups excluding carboxylic acids is 1. The van der Waals surface area contributed by atoms with Crippen molar-refractivity contribution in [1.82, 2.24) is 10.4 Å². The molecule has 0 bridgehead atoms. The third-order valence-corrected chi connectivity index (χ3v) is 8.96. The molecule has 5 unspecified atom stereocenters. The van der Waals surface area contributed by atoms with E-state index in [9.17, 15) is 9.90 Å². The van der Waals surface area contributed by atoms with Crippen LogP contribution in [0.1, 0.15) is 61.3 Å². The summed E-state index contributed by atoms with van der Waals surface area (Å²) in [7, 11) is 7.32. The predicted molar refractivity (Wildman–Crippen MR) is 172 cm³/mol. The lowest BCUT2D eigenvalue weighted by atomic mass is 9.70. The van der Waals surface area contributed by atoms with E-state index >= 15 is 0 Å². The van der Waals surface area contributed by atoms with Gasteiger partial charge in [-0.15, -0.1) is 0 Å². The highest BCUT2D eigenvalue weighted by atomic mass is 35.5. The molecular weight excluding hydrogens is 566 g/mol. The molecule has 4 rings (SSSR count). The second-order valence-electron chi connectivity index (χ2n) is 12.0. The molecule has 1 aliphatic heterocycles. The summed E-state index contributed by atoms with van der Waals surface area (Å²) in [6, 6.07) is 11.7. The number of aliphatic hydroxyl groups is 1. The number of hydrogen-bond acceptors (Lipinski definition) is 7. The molecule has 43 heavy (non-hydrogen) atoms. The number of methoxy groups -OCH3 is 1. The van der Waals surface area contributed by atoms with Gasteiger partial charge in [0.05, 0.1) is 25.5 Å². The van der Waals surface area contributed by atoms with E-state index in [-0.39, 0.29) is 12.0 Å². The number of halogens is 1. The van der Waals surface area contributed by atoms with Gasteiger partial charge in [0.15, 0.2) is 6.10 Å². The van der Waals surface area contributed by atoms with Gasteiger partial charge in [0.2, 0.25) is 0 Å². The van der Waals surface area contributed by atoms with Crippen LogP contribution >= 0.6 is 11.6 Å². The number of anilines is 1. The minimum absolute atomic E-state index is 0.0673. The molecule has 236 valence electrons. The number of hydrogen-bond donors (Lipinski definition) is 2. The Kier molecular flexibility index (Phi) is 12.3. The first-order chi connectivity index (χ1) is 20.7. The van der Waals surface area contributed by atoms with Gasteiger partial charge in [0, 0.05) is 37.7 Å². The Bertz CT molecular complexity index is 1240. The quantitative estimate of drug-likeness (QED) is 0.214. The third-order valence-electron chi connectivity index (χ3n) is 8.73. The van der Waals surface area contributed by atoms with Gasteiger partial charge in [0.25, 0.3) is 5.91 Å². The molecule has 5 atom stereocenters. The molecule has 2 aromatic carbocycles. The summed E-state index contributed by atoms with van der Waals surface area (Å²) in [6.07, 6.45) is 8.39. The number of fused-ring (bicyclic) bond motifs is 1. The number of nitrogens with one attached hydrogen (secondary N) is 1. The number of amides is 1. The molecule has 1 heterocycles. The third kappa shape index (κ3) is 8.52. The van der Waals surface area contributed by atoms with Gasteiger partial charge in [-0.1, -0.05) is 49.2 Å². The summed E-state index contributed by atoms with van der Waals surface area (Å²) >= 11 is 6.41. The monoisotopic (exact) mass is 613 g/mol. The number of benzene rings is 2. The van der Waals surface area contributed by atoms with Crippen LogP contribution in [0.5, 0.6) is 5.75 Å². The summed E-state index contributed by atoms with van der Waals surface area (Å²) < 4.78 is 12.4. The Balaban J connectivity index is 1.63. The summed E-state index contributed by atoms with van der Waals surface area (Å²) in [5.74, 6) is 1.10. The molecule has 0 aromatic heterocycles. The first-order valence-corrected chi connectivity index (χ1v) is 15.8. The second kappa shape index (κ2) is 15.9. The van der Waals surface area contributed by atoms with Gasteiger partial charge in [-0.05, 0) is 92.6 Å². The van der Waals surface area contributed by atoms with Gasteiger partial charge >= 0.3 is 0 Å². The minimum Gasteiger partial charge on any atom is -0.491 e. The van der Waals surface area contributed by atoms with Crippen molar-refractivity contribution in [2.75, 3.05) is 59.5 Å². The fraction of sp³-hybridized carbons (Fsp3) is 0.559. The first kappa shape index (κ1) is 33.3. The number of rotatable bonds is 14. The molecule has 9 heteroatoms. The van der Waals surface area contributed by atoms with E-state index in [0.29, 0.717) is 24.0 Å². The molecule has 0 radical (unpaired) electrons. The van der Waals surface area contributed by atoms with E-state index in [1.54, 1.807) is 13.2 Å². The summed E-state index contributed by atoms with van der Waals surface area (Å²) in [5, 5.41) is 11.5. The molecule has 2 aromatic rings. The van der Waals surface area contributed by atoms with Crippen LogP contribution in [0.15, 0.2) is 48.6 Å². The van der Waals surface area contributed by atoms with Crippen LogP contribution in [0.4, 0.5) is 5.69 Å². The maximum Gasteiger partial charge on any atom is 0.276 e. The van der Waals surface area contributed by atoms with Gasteiger partial charge < -0.3 is 24.4 Å². The number of aliphatic hydroxyl groups excluding tert-OH is 1. The Hall–Kier alpha value is -2.62. The number of ether oxygens (including phenoxy) is 2. The van der Waals surface area contributed by atoms with Crippen LogP contribution in [0.3, 0.4) is 0 Å². The van der Waals surface area contributed by atoms with E-state index in [1.807, 2.05) is 18.2 Å². The smallest absolute Gasteiger partial charge is 0.276 e. The normalized spacial score (nSPS) is 21.6. The molecule has 1 aliphatic carbocycles. The van der Waals surface area contributed by atoms with E-state index in [1.165, 1.54) is 18.2 Å². The SMILES string of the molecule is CCCc1cc(Cl)ccc1C1COc2ccc(C(O)C(=O)NOC)cc2N(CC2CCC2C(/C=C/CCN(C)C)OC)C1. The largest absolute Gasteiger partial charge is 0.491 e. The van der Waals surface area contributed by atoms with Crippen molar-refractivity contribution in [3.8, 4) is 5.75 Å². The average Bonchev–Trinajstić information content (AvgIpc) is 3.15. The maximum absolute atomic E-state index is 12.4. The topological polar surface area (TPSA) is 83.5 Å². The van der Waals surface area contributed by atoms with E-state index in [2.05, 4.69) is 60.6 Å². The first-order valence-electron chi connectivity index (χ1n) is 15.4. The predicted octanol–water partition coefficient (Wildman–Crippen LogP) is 5.54. The number of carbonyl (C=O) groups is 1. The summed E-state index contributed by atoms with van der Waals surface area (Å²) in [6.45, 7) is 5.28. The highest BCUT2D eigenvalue weighted by Gasteiger charge is 2.39. The van der Waals surface area contributed by atoms with Crippen LogP contribution < -0.4 is 15.1 Å². The number of hydroxylamine groups is 1. The van der Waals surface area contributed by atoms with Crippen molar-refractivity contribution in [3.05, 3.63) is 70.3 Å². The van der Waals surface area contributed by atoms with Gasteiger partial charge in [0.1, 0.15) is 5.75 Å². The standard InChI is InChI=1S/C34H48ClN3O5/c1-6-9-23-18-27(35)13-15-28(23)26-21-38(20-25-11-14-29(25)31(41-4)10-7-8-17-37(2)3)30-19-24(12-16-32(30)43-22-26)33(39)34(40)36-42-5/h7,10,12-13,15-16,18-19,25-26,29,31,33,39H,6,8-9,11,14,17,20-22H2,1-5H3,(H,36,40)/b10-7+. The highest BCUT2D eigenvalue weighted by Crippen LogP contribution is 2.43. The molecule has 2 N–H and O–H groups in total. The van der Waals surface area contributed by atoms with Crippen LogP contribution in [0.2, 0.25) is 5.02 Å². The van der Waals surface area contributed by atoms with Gasteiger partial charge in [-0.3, -0.25) is 9.63 Å². The maximum atomic E-state index is 12.4. The molecular formula is C34H48ClN3O5. The summed E-state index contributed by atoms with van der Waals surface area (Å²) in [5.41, 5.74) is 6.12. The van der Waals surface area contributed by atoms with Crippen molar-refractivity contribution in [3.63, 3.8) is 0 Å². The fourth-order valence-corrected chi connectivity index (χ4v) is 6.50. The van der Waals surface area contributed by atoms with Crippen molar-refractivity contribution >= 4 is 23.2 Å². The van der Waals surface area contributed by atoms with Crippen molar-refractivity contribution in [2.24, 2.45) is 11.8 Å². The minimum atomic E-state index is -1.36. The molecule has 1 fully saturated rings. The lowest BCUT2D eigenvalue weighted by Gasteiger charge is -2.43. The molecule has 1 amide bonds. The molecule has 8 nitrogen and oxygen atoms in total. The van der Waals surface area contributed by atoms with E-state index < -0.39 is 12.0 Å². The van der Waals surface area contributed by atoms with Crippen molar-refractivity contribution < 1.29 is 24.2 Å². The lowest BCUT2D eigenvalue weighted by Crippen LogP contribution is -2.44. The van der Waals surface area contributed by atoms with E-state index in [0.717, 1.165) is 68.2 Å². The zero-order chi connectivity index (χ0) is 30.9. The van der Waals surface area contributed by atoms with Crippen LogP contribution in [0, 0.1) is 11.8 Å². The molecule has 0 spiro atoms. The van der Waals surface area contributed by atoms with Crippen LogP contribution in [0.25, 0.3) is 0 Å².